The number of carbonyl (C=O) groups is 2. The van der Waals surface area contributed by atoms with Crippen LogP contribution in [-0.4, -0.2) is 25.0 Å². The highest BCUT2D eigenvalue weighted by molar-refractivity contribution is 6.25. The summed E-state index contributed by atoms with van der Waals surface area (Å²) in [6, 6.07) is 25.6. The van der Waals surface area contributed by atoms with Crippen LogP contribution < -0.4 is 14.7 Å². The normalized spacial score (nSPS) is 25.1. The highest BCUT2D eigenvalue weighted by atomic mass is 16.7. The number of hydrogen-bond donors (Lipinski definition) is 0. The molecule has 3 aromatic carbocycles. The SMILES string of the molecule is COc1ccc([C@H]2N(c3ccccc3)O[C@@H]3C(=O)N(c4ccccc4)C(=O)[C@@]32C)cc1. The van der Waals surface area contributed by atoms with Crippen molar-refractivity contribution in [2.75, 3.05) is 17.1 Å². The number of fused-ring (bicyclic) bond motifs is 1. The molecule has 0 aliphatic carbocycles. The van der Waals surface area contributed by atoms with Crippen molar-refractivity contribution in [3.8, 4) is 5.75 Å². The van der Waals surface area contributed by atoms with Crippen LogP contribution in [0.2, 0.25) is 0 Å². The van der Waals surface area contributed by atoms with Crippen LogP contribution in [0.1, 0.15) is 18.5 Å². The van der Waals surface area contributed by atoms with E-state index < -0.39 is 17.6 Å². The van der Waals surface area contributed by atoms with Crippen molar-refractivity contribution < 1.29 is 19.2 Å². The molecule has 6 nitrogen and oxygen atoms in total. The van der Waals surface area contributed by atoms with Gasteiger partial charge in [-0.15, -0.1) is 0 Å². The van der Waals surface area contributed by atoms with Crippen LogP contribution in [0.25, 0.3) is 0 Å². The number of methoxy groups -OCH3 is 1. The number of imide groups is 1. The summed E-state index contributed by atoms with van der Waals surface area (Å²) in [5.74, 6) is 0.0963. The number of benzene rings is 3. The standard InChI is InChI=1S/C25H22N2O4/c1-25-21(17-13-15-20(30-2)16-14-17)27(19-11-7-4-8-12-19)31-22(25)23(28)26(24(25)29)18-9-5-3-6-10-18/h3-16,21-22H,1-2H3/t21-,22-,25-/m1/s1. The van der Waals surface area contributed by atoms with Gasteiger partial charge in [-0.25, -0.2) is 9.96 Å². The zero-order chi connectivity index (χ0) is 21.6. The number of hydrogen-bond acceptors (Lipinski definition) is 5. The van der Waals surface area contributed by atoms with Crippen molar-refractivity contribution in [1.82, 2.24) is 0 Å². The molecule has 0 unspecified atom stereocenters. The molecule has 2 fully saturated rings. The lowest BCUT2D eigenvalue weighted by atomic mass is 9.76. The van der Waals surface area contributed by atoms with Crippen LogP contribution in [0.3, 0.4) is 0 Å². The van der Waals surface area contributed by atoms with E-state index in [9.17, 15) is 9.59 Å². The van der Waals surface area contributed by atoms with Crippen LogP contribution in [0.15, 0.2) is 84.9 Å². The molecule has 0 bridgehead atoms. The Kier molecular flexibility index (Phi) is 4.52. The number of amides is 2. The lowest BCUT2D eigenvalue weighted by Crippen LogP contribution is -2.41. The van der Waals surface area contributed by atoms with Gasteiger partial charge in [0.2, 0.25) is 5.91 Å². The van der Waals surface area contributed by atoms with Crippen molar-refractivity contribution in [3.63, 3.8) is 0 Å². The summed E-state index contributed by atoms with van der Waals surface area (Å²) in [7, 11) is 1.61. The quantitative estimate of drug-likeness (QED) is 0.601. The van der Waals surface area contributed by atoms with Crippen molar-refractivity contribution in [2.45, 2.75) is 19.1 Å². The number of carbonyl (C=O) groups excluding carboxylic acids is 2. The van der Waals surface area contributed by atoms with Crippen LogP contribution in [0.4, 0.5) is 11.4 Å². The van der Waals surface area contributed by atoms with E-state index in [1.165, 1.54) is 4.90 Å². The maximum atomic E-state index is 13.8. The number of para-hydroxylation sites is 2. The van der Waals surface area contributed by atoms with E-state index in [0.29, 0.717) is 5.69 Å². The van der Waals surface area contributed by atoms with E-state index in [0.717, 1.165) is 17.0 Å². The number of rotatable bonds is 4. The molecule has 0 N–H and O–H groups in total. The lowest BCUT2D eigenvalue weighted by molar-refractivity contribution is -0.128. The van der Waals surface area contributed by atoms with Gasteiger partial charge < -0.3 is 4.74 Å². The van der Waals surface area contributed by atoms with Gasteiger partial charge in [0.15, 0.2) is 6.10 Å². The maximum absolute atomic E-state index is 13.8. The van der Waals surface area contributed by atoms with Gasteiger partial charge in [0.1, 0.15) is 11.2 Å². The molecule has 2 aliphatic rings. The third-order valence-corrected chi connectivity index (χ3v) is 6.13. The van der Waals surface area contributed by atoms with Gasteiger partial charge in [0.25, 0.3) is 5.91 Å². The Morgan fingerprint density at radius 1 is 0.839 bits per heavy atom. The average molecular weight is 414 g/mol. The second-order valence-corrected chi connectivity index (χ2v) is 7.92. The summed E-state index contributed by atoms with van der Waals surface area (Å²) in [6.45, 7) is 1.82. The molecule has 2 aliphatic heterocycles. The summed E-state index contributed by atoms with van der Waals surface area (Å²) in [5, 5.41) is 1.70. The fraction of sp³-hybridized carbons (Fsp3) is 0.200. The number of anilines is 2. The largest absolute Gasteiger partial charge is 0.497 e. The molecule has 0 radical (unpaired) electrons. The fourth-order valence-corrected chi connectivity index (χ4v) is 4.53. The molecule has 6 heteroatoms. The van der Waals surface area contributed by atoms with Gasteiger partial charge in [-0.2, -0.15) is 0 Å². The van der Waals surface area contributed by atoms with Gasteiger partial charge in [0.05, 0.1) is 24.5 Å². The minimum Gasteiger partial charge on any atom is -0.497 e. The molecule has 5 rings (SSSR count). The lowest BCUT2D eigenvalue weighted by Gasteiger charge is -2.32. The third-order valence-electron chi connectivity index (χ3n) is 6.13. The van der Waals surface area contributed by atoms with E-state index in [2.05, 4.69) is 0 Å². The van der Waals surface area contributed by atoms with E-state index in [1.54, 1.807) is 24.3 Å². The second kappa shape index (κ2) is 7.25. The Morgan fingerprint density at radius 2 is 1.42 bits per heavy atom. The van der Waals surface area contributed by atoms with Gasteiger partial charge >= 0.3 is 0 Å². The van der Waals surface area contributed by atoms with Crippen molar-refractivity contribution in [2.24, 2.45) is 5.41 Å². The molecular weight excluding hydrogens is 392 g/mol. The Hall–Kier alpha value is -3.64. The highest BCUT2D eigenvalue weighted by Crippen LogP contribution is 2.55. The first-order chi connectivity index (χ1) is 15.1. The van der Waals surface area contributed by atoms with Crippen LogP contribution in [0.5, 0.6) is 5.75 Å². The molecule has 2 amide bonds. The topological polar surface area (TPSA) is 59.1 Å². The van der Waals surface area contributed by atoms with Crippen molar-refractivity contribution >= 4 is 23.2 Å². The zero-order valence-electron chi connectivity index (χ0n) is 17.3. The summed E-state index contributed by atoms with van der Waals surface area (Å²) in [6.07, 6.45) is -0.924. The Balaban J connectivity index is 1.63. The predicted octanol–water partition coefficient (Wildman–Crippen LogP) is 4.14. The first-order valence-corrected chi connectivity index (χ1v) is 10.1. The summed E-state index contributed by atoms with van der Waals surface area (Å²) < 4.78 is 5.29. The minimum absolute atomic E-state index is 0.270. The average Bonchev–Trinajstić information content (AvgIpc) is 3.23. The summed E-state index contributed by atoms with van der Waals surface area (Å²) in [5.41, 5.74) is 1.10. The van der Waals surface area contributed by atoms with Gasteiger partial charge in [-0.1, -0.05) is 48.5 Å². The smallest absolute Gasteiger partial charge is 0.266 e. The molecule has 0 aromatic heterocycles. The van der Waals surface area contributed by atoms with Crippen molar-refractivity contribution in [3.05, 3.63) is 90.5 Å². The van der Waals surface area contributed by atoms with Crippen LogP contribution in [0, 0.1) is 5.41 Å². The molecule has 156 valence electrons. The fourth-order valence-electron chi connectivity index (χ4n) is 4.53. The van der Waals surface area contributed by atoms with E-state index >= 15 is 0 Å². The highest BCUT2D eigenvalue weighted by Gasteiger charge is 2.68. The Morgan fingerprint density at radius 3 is 2.00 bits per heavy atom. The Bertz CT molecular complexity index is 1120. The second-order valence-electron chi connectivity index (χ2n) is 7.92. The van der Waals surface area contributed by atoms with Gasteiger partial charge in [-0.05, 0) is 48.9 Å². The van der Waals surface area contributed by atoms with E-state index in [4.69, 9.17) is 9.57 Å². The summed E-state index contributed by atoms with van der Waals surface area (Å²) in [4.78, 5) is 34.6. The number of nitrogens with zero attached hydrogens (tertiary/aromatic N) is 2. The van der Waals surface area contributed by atoms with E-state index in [-0.39, 0.29) is 11.8 Å². The van der Waals surface area contributed by atoms with E-state index in [1.807, 2.05) is 79.7 Å². The van der Waals surface area contributed by atoms with Crippen LogP contribution >= 0.6 is 0 Å². The molecular formula is C25H22N2O4. The van der Waals surface area contributed by atoms with Gasteiger partial charge in [-0.3, -0.25) is 14.4 Å². The first-order valence-electron chi connectivity index (χ1n) is 10.1. The minimum atomic E-state index is -1.10. The van der Waals surface area contributed by atoms with Crippen molar-refractivity contribution in [1.29, 1.82) is 0 Å². The predicted molar refractivity (Wildman–Crippen MR) is 117 cm³/mol. The molecule has 3 atom stereocenters. The molecule has 3 aromatic rings. The monoisotopic (exact) mass is 414 g/mol. The zero-order valence-corrected chi connectivity index (χ0v) is 17.3. The Labute approximate surface area is 180 Å². The summed E-state index contributed by atoms with van der Waals surface area (Å²) >= 11 is 0. The molecule has 2 heterocycles. The number of ether oxygens (including phenoxy) is 1. The first kappa shape index (κ1) is 19.3. The molecule has 2 saturated heterocycles. The molecule has 0 saturated carbocycles. The van der Waals surface area contributed by atoms with Crippen LogP contribution in [-0.2, 0) is 14.4 Å². The molecule has 0 spiro atoms. The number of hydroxylamine groups is 1. The third kappa shape index (κ3) is 2.83. The maximum Gasteiger partial charge on any atom is 0.266 e. The van der Waals surface area contributed by atoms with Gasteiger partial charge in [0, 0.05) is 0 Å². The molecule has 31 heavy (non-hydrogen) atoms.